The van der Waals surface area contributed by atoms with Crippen molar-refractivity contribution in [3.8, 4) is 0 Å². The Labute approximate surface area is 81.6 Å². The van der Waals surface area contributed by atoms with E-state index in [4.69, 9.17) is 9.47 Å². The SMILES string of the molecule is CC(C)OC1(OC(C)C)CCCC1. The van der Waals surface area contributed by atoms with Gasteiger partial charge in [0.25, 0.3) is 0 Å². The van der Waals surface area contributed by atoms with Gasteiger partial charge in [0, 0.05) is 12.8 Å². The second-order valence-electron chi connectivity index (χ2n) is 4.45. The Morgan fingerprint density at radius 3 is 1.54 bits per heavy atom. The van der Waals surface area contributed by atoms with Crippen LogP contribution in [0.25, 0.3) is 0 Å². The first kappa shape index (κ1) is 11.0. The number of rotatable bonds is 4. The minimum Gasteiger partial charge on any atom is -0.347 e. The van der Waals surface area contributed by atoms with Crippen LogP contribution >= 0.6 is 0 Å². The molecule has 0 aliphatic heterocycles. The van der Waals surface area contributed by atoms with Gasteiger partial charge >= 0.3 is 0 Å². The van der Waals surface area contributed by atoms with Gasteiger partial charge in [0.1, 0.15) is 0 Å². The van der Waals surface area contributed by atoms with Crippen molar-refractivity contribution in [1.29, 1.82) is 0 Å². The molecule has 0 bridgehead atoms. The van der Waals surface area contributed by atoms with Gasteiger partial charge in [-0.3, -0.25) is 0 Å². The molecule has 2 heteroatoms. The number of hydrogen-bond donors (Lipinski definition) is 0. The van der Waals surface area contributed by atoms with Crippen LogP contribution < -0.4 is 0 Å². The van der Waals surface area contributed by atoms with E-state index in [0.717, 1.165) is 12.8 Å². The molecule has 2 nitrogen and oxygen atoms in total. The van der Waals surface area contributed by atoms with Gasteiger partial charge in [-0.05, 0) is 40.5 Å². The van der Waals surface area contributed by atoms with E-state index in [1.54, 1.807) is 0 Å². The highest BCUT2D eigenvalue weighted by atomic mass is 16.7. The van der Waals surface area contributed by atoms with Crippen LogP contribution in [0.2, 0.25) is 0 Å². The Bertz CT molecular complexity index is 134. The first-order chi connectivity index (χ1) is 6.04. The summed E-state index contributed by atoms with van der Waals surface area (Å²) in [7, 11) is 0. The standard InChI is InChI=1S/C11H22O2/c1-9(2)12-11(13-10(3)4)7-5-6-8-11/h9-10H,5-8H2,1-4H3. The lowest BCUT2D eigenvalue weighted by atomic mass is 10.2. The number of hydrogen-bond acceptors (Lipinski definition) is 2. The molecule has 0 N–H and O–H groups in total. The maximum atomic E-state index is 5.89. The Morgan fingerprint density at radius 2 is 1.23 bits per heavy atom. The topological polar surface area (TPSA) is 18.5 Å². The average molecular weight is 186 g/mol. The summed E-state index contributed by atoms with van der Waals surface area (Å²) in [5, 5.41) is 0. The number of ether oxygens (including phenoxy) is 2. The monoisotopic (exact) mass is 186 g/mol. The molecular formula is C11H22O2. The van der Waals surface area contributed by atoms with Gasteiger partial charge in [0.05, 0.1) is 12.2 Å². The van der Waals surface area contributed by atoms with Crippen molar-refractivity contribution in [2.24, 2.45) is 0 Å². The van der Waals surface area contributed by atoms with E-state index >= 15 is 0 Å². The predicted octanol–water partition coefficient (Wildman–Crippen LogP) is 3.11. The fourth-order valence-corrected chi connectivity index (χ4v) is 2.04. The summed E-state index contributed by atoms with van der Waals surface area (Å²) in [4.78, 5) is 0. The summed E-state index contributed by atoms with van der Waals surface area (Å²) in [6.07, 6.45) is 5.11. The zero-order valence-electron chi connectivity index (χ0n) is 9.30. The van der Waals surface area contributed by atoms with Crippen LogP contribution in [-0.2, 0) is 9.47 Å². The molecule has 0 radical (unpaired) electrons. The van der Waals surface area contributed by atoms with Crippen LogP contribution in [0.3, 0.4) is 0 Å². The molecule has 0 saturated heterocycles. The summed E-state index contributed by atoms with van der Waals surface area (Å²) in [5.74, 6) is -0.262. The van der Waals surface area contributed by atoms with E-state index in [1.165, 1.54) is 12.8 Å². The van der Waals surface area contributed by atoms with E-state index in [2.05, 4.69) is 27.7 Å². The van der Waals surface area contributed by atoms with Gasteiger partial charge in [-0.15, -0.1) is 0 Å². The summed E-state index contributed by atoms with van der Waals surface area (Å²) >= 11 is 0. The maximum Gasteiger partial charge on any atom is 0.168 e. The maximum absolute atomic E-state index is 5.89. The largest absolute Gasteiger partial charge is 0.347 e. The highest BCUT2D eigenvalue weighted by Gasteiger charge is 2.37. The second kappa shape index (κ2) is 4.43. The van der Waals surface area contributed by atoms with Crippen molar-refractivity contribution in [1.82, 2.24) is 0 Å². The molecule has 0 aromatic rings. The Kier molecular flexibility index (Phi) is 3.74. The highest BCUT2D eigenvalue weighted by Crippen LogP contribution is 2.36. The lowest BCUT2D eigenvalue weighted by molar-refractivity contribution is -0.264. The van der Waals surface area contributed by atoms with Crippen LogP contribution in [0, 0.1) is 0 Å². The van der Waals surface area contributed by atoms with E-state index in [-0.39, 0.29) is 18.0 Å². The predicted molar refractivity (Wildman–Crippen MR) is 53.6 cm³/mol. The molecule has 13 heavy (non-hydrogen) atoms. The molecule has 0 heterocycles. The normalized spacial score (nSPS) is 21.7. The smallest absolute Gasteiger partial charge is 0.168 e. The minimum absolute atomic E-state index is 0.261. The summed E-state index contributed by atoms with van der Waals surface area (Å²) in [6.45, 7) is 8.29. The minimum atomic E-state index is -0.262. The molecule has 0 spiro atoms. The van der Waals surface area contributed by atoms with Crippen molar-refractivity contribution in [2.45, 2.75) is 71.4 Å². The molecule has 0 atom stereocenters. The van der Waals surface area contributed by atoms with E-state index in [1.807, 2.05) is 0 Å². The molecule has 0 aromatic heterocycles. The van der Waals surface area contributed by atoms with E-state index in [9.17, 15) is 0 Å². The van der Waals surface area contributed by atoms with Crippen molar-refractivity contribution >= 4 is 0 Å². The third kappa shape index (κ3) is 3.28. The first-order valence-electron chi connectivity index (χ1n) is 5.40. The molecule has 0 unspecified atom stereocenters. The van der Waals surface area contributed by atoms with Crippen LogP contribution in [-0.4, -0.2) is 18.0 Å². The van der Waals surface area contributed by atoms with Crippen molar-refractivity contribution < 1.29 is 9.47 Å². The molecule has 1 fully saturated rings. The second-order valence-corrected chi connectivity index (χ2v) is 4.45. The van der Waals surface area contributed by atoms with Crippen molar-refractivity contribution in [3.63, 3.8) is 0 Å². The van der Waals surface area contributed by atoms with Gasteiger partial charge in [-0.25, -0.2) is 0 Å². The lowest BCUT2D eigenvalue weighted by Gasteiger charge is -2.33. The third-order valence-corrected chi connectivity index (χ3v) is 2.27. The molecule has 1 aliphatic rings. The van der Waals surface area contributed by atoms with Gasteiger partial charge in [0.15, 0.2) is 5.79 Å². The zero-order valence-corrected chi connectivity index (χ0v) is 9.30. The zero-order chi connectivity index (χ0) is 9.90. The molecular weight excluding hydrogens is 164 g/mol. The molecule has 0 aromatic carbocycles. The Morgan fingerprint density at radius 1 is 0.846 bits per heavy atom. The van der Waals surface area contributed by atoms with Gasteiger partial charge in [0.2, 0.25) is 0 Å². The fraction of sp³-hybridized carbons (Fsp3) is 1.00. The summed E-state index contributed by atoms with van der Waals surface area (Å²) < 4.78 is 11.8. The quantitative estimate of drug-likeness (QED) is 0.628. The average Bonchev–Trinajstić information content (AvgIpc) is 2.33. The summed E-state index contributed by atoms with van der Waals surface area (Å²) in [6, 6.07) is 0. The van der Waals surface area contributed by atoms with Gasteiger partial charge in [-0.2, -0.15) is 0 Å². The molecule has 1 rings (SSSR count). The van der Waals surface area contributed by atoms with Crippen molar-refractivity contribution in [3.05, 3.63) is 0 Å². The first-order valence-corrected chi connectivity index (χ1v) is 5.40. The fourth-order valence-electron chi connectivity index (χ4n) is 2.04. The van der Waals surface area contributed by atoms with E-state index in [0.29, 0.717) is 0 Å². The van der Waals surface area contributed by atoms with Crippen LogP contribution in [0.4, 0.5) is 0 Å². The van der Waals surface area contributed by atoms with E-state index < -0.39 is 0 Å². The summed E-state index contributed by atoms with van der Waals surface area (Å²) in [5.41, 5.74) is 0. The van der Waals surface area contributed by atoms with Gasteiger partial charge < -0.3 is 9.47 Å². The molecule has 78 valence electrons. The van der Waals surface area contributed by atoms with Gasteiger partial charge in [-0.1, -0.05) is 0 Å². The van der Waals surface area contributed by atoms with Crippen LogP contribution in [0.15, 0.2) is 0 Å². The molecule has 0 amide bonds. The van der Waals surface area contributed by atoms with Crippen LogP contribution in [0.5, 0.6) is 0 Å². The highest BCUT2D eigenvalue weighted by molar-refractivity contribution is 4.78. The Balaban J connectivity index is 2.52. The molecule has 1 saturated carbocycles. The Hall–Kier alpha value is -0.0800. The lowest BCUT2D eigenvalue weighted by Crippen LogP contribution is -2.37. The third-order valence-electron chi connectivity index (χ3n) is 2.27. The molecule has 1 aliphatic carbocycles. The van der Waals surface area contributed by atoms with Crippen LogP contribution in [0.1, 0.15) is 53.4 Å². The van der Waals surface area contributed by atoms with Crippen molar-refractivity contribution in [2.75, 3.05) is 0 Å².